The van der Waals surface area contributed by atoms with Crippen molar-refractivity contribution in [3.63, 3.8) is 0 Å². The number of carbonyl (C=O) groups is 1. The van der Waals surface area contributed by atoms with Gasteiger partial charge in [-0.1, -0.05) is 45.0 Å². The normalized spacial score (nSPS) is 13.0. The molecule has 0 unspecified atom stereocenters. The van der Waals surface area contributed by atoms with Crippen molar-refractivity contribution in [2.75, 3.05) is 7.05 Å². The van der Waals surface area contributed by atoms with Crippen molar-refractivity contribution in [1.82, 2.24) is 14.9 Å². The second kappa shape index (κ2) is 12.5. The van der Waals surface area contributed by atoms with Crippen molar-refractivity contribution in [2.24, 2.45) is 17.0 Å². The van der Waals surface area contributed by atoms with Crippen LogP contribution in [0.1, 0.15) is 68.9 Å². The Morgan fingerprint density at radius 3 is 2.46 bits per heavy atom. The molecule has 1 amide bonds. The maximum absolute atomic E-state index is 13.2. The van der Waals surface area contributed by atoms with Gasteiger partial charge in [-0.25, -0.2) is 9.98 Å². The van der Waals surface area contributed by atoms with E-state index >= 15 is 0 Å². The molecular formula is C31H38N6O2. The number of benzene rings is 2. The molecule has 0 fully saturated rings. The van der Waals surface area contributed by atoms with Crippen LogP contribution in [0.5, 0.6) is 5.75 Å². The lowest BCUT2D eigenvalue weighted by molar-refractivity contribution is 0.0946. The van der Waals surface area contributed by atoms with Crippen molar-refractivity contribution in [3.05, 3.63) is 71.2 Å². The maximum atomic E-state index is 13.2. The molecule has 8 nitrogen and oxygen atoms in total. The third kappa shape index (κ3) is 7.64. The first kappa shape index (κ1) is 29.3. The summed E-state index contributed by atoms with van der Waals surface area (Å²) in [4.78, 5) is 26.4. The monoisotopic (exact) mass is 526 g/mol. The largest absolute Gasteiger partial charge is 0.490 e. The molecule has 1 aromatic heterocycles. The van der Waals surface area contributed by atoms with E-state index in [0.29, 0.717) is 23.3 Å². The summed E-state index contributed by atoms with van der Waals surface area (Å²) in [5.74, 6) is 1.19. The van der Waals surface area contributed by atoms with Gasteiger partial charge in [-0.2, -0.15) is 5.26 Å². The summed E-state index contributed by atoms with van der Waals surface area (Å²) in [7, 11) is 3.67. The molecule has 1 heterocycles. The second-order valence-electron chi connectivity index (χ2n) is 10.9. The first-order chi connectivity index (χ1) is 18.4. The van der Waals surface area contributed by atoms with Crippen LogP contribution in [0.4, 0.5) is 0 Å². The number of nitrogens with zero attached hydrogens (tertiary/aromatic N) is 5. The van der Waals surface area contributed by atoms with Gasteiger partial charge in [0.15, 0.2) is 0 Å². The van der Waals surface area contributed by atoms with Crippen molar-refractivity contribution >= 4 is 18.0 Å². The Labute approximate surface area is 231 Å². The highest BCUT2D eigenvalue weighted by atomic mass is 16.5. The first-order valence-electron chi connectivity index (χ1n) is 13.0. The molecule has 0 aliphatic rings. The molecule has 0 aliphatic heterocycles. The summed E-state index contributed by atoms with van der Waals surface area (Å²) in [6.07, 6.45) is 3.97. The molecule has 0 aliphatic carbocycles. The fourth-order valence-electron chi connectivity index (χ4n) is 4.25. The van der Waals surface area contributed by atoms with Gasteiger partial charge >= 0.3 is 0 Å². The van der Waals surface area contributed by atoms with E-state index in [4.69, 9.17) is 9.72 Å². The van der Waals surface area contributed by atoms with Gasteiger partial charge in [-0.05, 0) is 51.0 Å². The van der Waals surface area contributed by atoms with E-state index in [1.54, 1.807) is 25.2 Å². The predicted molar refractivity (Wildman–Crippen MR) is 157 cm³/mol. The van der Waals surface area contributed by atoms with Crippen LogP contribution < -0.4 is 10.1 Å². The van der Waals surface area contributed by atoms with E-state index in [1.165, 1.54) is 6.34 Å². The van der Waals surface area contributed by atoms with Crippen LogP contribution in [-0.2, 0) is 18.9 Å². The summed E-state index contributed by atoms with van der Waals surface area (Å²) in [5, 5.41) is 12.6. The van der Waals surface area contributed by atoms with Gasteiger partial charge in [-0.3, -0.25) is 9.79 Å². The zero-order valence-corrected chi connectivity index (χ0v) is 24.1. The molecule has 0 radical (unpaired) electrons. The number of imidazole rings is 1. The van der Waals surface area contributed by atoms with E-state index in [-0.39, 0.29) is 23.5 Å². The molecule has 1 atom stereocenters. The number of aliphatic imine (C=N–C) groups is 2. The van der Waals surface area contributed by atoms with Gasteiger partial charge in [-0.15, -0.1) is 0 Å². The minimum atomic E-state index is -0.374. The lowest BCUT2D eigenvalue weighted by Gasteiger charge is -2.19. The van der Waals surface area contributed by atoms with Crippen LogP contribution >= 0.6 is 0 Å². The van der Waals surface area contributed by atoms with Crippen LogP contribution in [0.15, 0.2) is 58.6 Å². The van der Waals surface area contributed by atoms with Crippen LogP contribution in [0, 0.1) is 11.3 Å². The molecular weight excluding hydrogens is 488 g/mol. The summed E-state index contributed by atoms with van der Waals surface area (Å²) in [6, 6.07) is 14.8. The highest BCUT2D eigenvalue weighted by molar-refractivity contribution is 6.00. The number of hydrogen-bond acceptors (Lipinski definition) is 5. The van der Waals surface area contributed by atoms with Gasteiger partial charge in [0.2, 0.25) is 0 Å². The molecule has 39 heavy (non-hydrogen) atoms. The van der Waals surface area contributed by atoms with Gasteiger partial charge in [0.25, 0.3) is 5.91 Å². The third-order valence-corrected chi connectivity index (χ3v) is 6.15. The number of aryl methyl sites for hydroxylation is 1. The van der Waals surface area contributed by atoms with Crippen LogP contribution in [0.2, 0.25) is 0 Å². The molecule has 0 saturated carbocycles. The average molecular weight is 527 g/mol. The minimum Gasteiger partial charge on any atom is -0.490 e. The number of rotatable bonds is 9. The van der Waals surface area contributed by atoms with Crippen LogP contribution in [0.25, 0.3) is 11.3 Å². The smallest absolute Gasteiger partial charge is 0.251 e. The second-order valence-corrected chi connectivity index (χ2v) is 10.9. The Morgan fingerprint density at radius 1 is 1.21 bits per heavy atom. The van der Waals surface area contributed by atoms with Gasteiger partial charge in [0, 0.05) is 42.5 Å². The fraction of sp³-hybridized carbons (Fsp3) is 0.387. The Bertz CT molecular complexity index is 1400. The average Bonchev–Trinajstić information content (AvgIpc) is 3.29. The van der Waals surface area contributed by atoms with Gasteiger partial charge in [0.05, 0.1) is 23.4 Å². The van der Waals surface area contributed by atoms with Gasteiger partial charge in [0.1, 0.15) is 24.0 Å². The number of hydrogen-bond donors (Lipinski definition) is 1. The van der Waals surface area contributed by atoms with Crippen LogP contribution in [-0.4, -0.2) is 46.7 Å². The van der Waals surface area contributed by atoms with Crippen molar-refractivity contribution in [1.29, 1.82) is 5.26 Å². The number of nitriles is 1. The van der Waals surface area contributed by atoms with E-state index in [0.717, 1.165) is 28.4 Å². The fourth-order valence-corrected chi connectivity index (χ4v) is 4.25. The number of nitrogens with one attached hydrogen (secondary N) is 1. The van der Waals surface area contributed by atoms with E-state index in [2.05, 4.69) is 58.8 Å². The number of ether oxygens (including phenoxy) is 1. The molecule has 1 N–H and O–H groups in total. The number of amides is 1. The summed E-state index contributed by atoms with van der Waals surface area (Å²) >= 11 is 0. The molecule has 3 aromatic rings. The lowest BCUT2D eigenvalue weighted by Crippen LogP contribution is -2.41. The minimum absolute atomic E-state index is 0.0488. The van der Waals surface area contributed by atoms with Crippen molar-refractivity contribution < 1.29 is 9.53 Å². The zero-order valence-electron chi connectivity index (χ0n) is 24.1. The molecule has 8 heteroatoms. The Balaban J connectivity index is 1.83. The molecule has 3 rings (SSSR count). The quantitative estimate of drug-likeness (QED) is 0.293. The van der Waals surface area contributed by atoms with E-state index in [1.807, 2.05) is 46.1 Å². The zero-order chi connectivity index (χ0) is 28.7. The third-order valence-electron chi connectivity index (χ3n) is 6.15. The lowest BCUT2D eigenvalue weighted by atomic mass is 9.96. The topological polar surface area (TPSA) is 105 Å². The molecule has 204 valence electrons. The predicted octanol–water partition coefficient (Wildman–Crippen LogP) is 5.50. The number of carbonyl (C=O) groups excluding carboxylic acids is 1. The SMILES string of the molecule is CN=CN=C(C)[C@H](Cc1ccc(-c2cn(C)c(C(C)(C)C)n2)cc1)NC(=O)c1ccc(OC(C)C)c(C#N)c1. The summed E-state index contributed by atoms with van der Waals surface area (Å²) in [6.45, 7) is 12.1. The molecule has 0 saturated heterocycles. The molecule has 0 spiro atoms. The maximum Gasteiger partial charge on any atom is 0.251 e. The first-order valence-corrected chi connectivity index (χ1v) is 13.0. The standard InChI is InChI=1S/C31H38N6O2/c1-20(2)39-28-14-13-24(16-25(28)17-32)29(38)35-26(21(3)34-19-33-7)15-22-9-11-23(12-10-22)27-18-37(8)30(36-27)31(4,5)6/h9-14,16,18-20,26H,15H2,1-8H3,(H,35,38)/t26-/m0/s1. The molecule has 0 bridgehead atoms. The summed E-state index contributed by atoms with van der Waals surface area (Å²) < 4.78 is 7.76. The summed E-state index contributed by atoms with van der Waals surface area (Å²) in [5.41, 5.74) is 4.36. The van der Waals surface area contributed by atoms with E-state index in [9.17, 15) is 10.1 Å². The Morgan fingerprint density at radius 2 is 1.90 bits per heavy atom. The molecule has 2 aromatic carbocycles. The van der Waals surface area contributed by atoms with Crippen molar-refractivity contribution in [2.45, 2.75) is 65.5 Å². The Hall–Kier alpha value is -4.25. The Kier molecular flexibility index (Phi) is 9.42. The highest BCUT2D eigenvalue weighted by Gasteiger charge is 2.21. The van der Waals surface area contributed by atoms with Gasteiger partial charge < -0.3 is 14.6 Å². The van der Waals surface area contributed by atoms with E-state index < -0.39 is 0 Å². The van der Waals surface area contributed by atoms with Crippen molar-refractivity contribution in [3.8, 4) is 23.1 Å². The van der Waals surface area contributed by atoms with Crippen LogP contribution in [0.3, 0.4) is 0 Å². The highest BCUT2D eigenvalue weighted by Crippen LogP contribution is 2.26. The number of aromatic nitrogens is 2.